The maximum Gasteiger partial charge on any atom is 0.242 e. The molecule has 0 aromatic heterocycles. The fraction of sp³-hybridized carbons (Fsp3) is 0.364. The number of aryl methyl sites for hydroxylation is 1. The Hall–Kier alpha value is -2.04. The number of halogens is 2. The zero-order valence-corrected chi connectivity index (χ0v) is 18.0. The molecule has 2 rings (SSSR count). The Kier molecular flexibility index (Phi) is 8.34. The summed E-state index contributed by atoms with van der Waals surface area (Å²) < 4.78 is 0. The van der Waals surface area contributed by atoms with Crippen LogP contribution in [0.4, 0.5) is 0 Å². The first-order valence-corrected chi connectivity index (χ1v) is 10.2. The number of carbonyl (C=O) groups excluding carboxylic acids is 2. The average molecular weight is 421 g/mol. The van der Waals surface area contributed by atoms with Crippen molar-refractivity contribution in [2.45, 2.75) is 46.2 Å². The summed E-state index contributed by atoms with van der Waals surface area (Å²) >= 11 is 12.3. The lowest BCUT2D eigenvalue weighted by Crippen LogP contribution is -2.49. The van der Waals surface area contributed by atoms with Crippen molar-refractivity contribution in [1.29, 1.82) is 0 Å². The minimum absolute atomic E-state index is 0.113. The first kappa shape index (κ1) is 22.3. The van der Waals surface area contributed by atoms with Crippen LogP contribution in [0.15, 0.2) is 42.5 Å². The maximum absolute atomic E-state index is 13.2. The average Bonchev–Trinajstić information content (AvgIpc) is 2.65. The van der Waals surface area contributed by atoms with Crippen molar-refractivity contribution in [2.24, 2.45) is 0 Å². The van der Waals surface area contributed by atoms with E-state index in [2.05, 4.69) is 5.32 Å². The minimum atomic E-state index is -0.566. The van der Waals surface area contributed by atoms with Gasteiger partial charge in [-0.2, -0.15) is 0 Å². The van der Waals surface area contributed by atoms with Gasteiger partial charge in [0.1, 0.15) is 6.04 Å². The molecule has 0 aliphatic carbocycles. The number of benzene rings is 2. The van der Waals surface area contributed by atoms with E-state index in [1.807, 2.05) is 45.0 Å². The van der Waals surface area contributed by atoms with Gasteiger partial charge in [-0.1, -0.05) is 60.5 Å². The Morgan fingerprint density at radius 1 is 1.07 bits per heavy atom. The van der Waals surface area contributed by atoms with Crippen LogP contribution in [0.2, 0.25) is 10.0 Å². The third-order valence-corrected chi connectivity index (χ3v) is 5.28. The van der Waals surface area contributed by atoms with E-state index in [1.165, 1.54) is 0 Å². The van der Waals surface area contributed by atoms with Crippen LogP contribution < -0.4 is 5.32 Å². The van der Waals surface area contributed by atoms with E-state index in [1.54, 1.807) is 23.1 Å². The van der Waals surface area contributed by atoms with Gasteiger partial charge in [-0.15, -0.1) is 0 Å². The Morgan fingerprint density at radius 2 is 1.79 bits per heavy atom. The third-order valence-electron chi connectivity index (χ3n) is 4.70. The first-order valence-electron chi connectivity index (χ1n) is 9.42. The summed E-state index contributed by atoms with van der Waals surface area (Å²) in [5.74, 6) is -0.272. The van der Waals surface area contributed by atoms with E-state index in [9.17, 15) is 9.59 Å². The van der Waals surface area contributed by atoms with Gasteiger partial charge in [-0.05, 0) is 49.1 Å². The van der Waals surface area contributed by atoms with Gasteiger partial charge in [-0.3, -0.25) is 9.59 Å². The molecule has 0 aliphatic rings. The summed E-state index contributed by atoms with van der Waals surface area (Å²) in [6.45, 7) is 6.49. The summed E-state index contributed by atoms with van der Waals surface area (Å²) in [5.41, 5.74) is 2.75. The molecular weight excluding hydrogens is 395 g/mol. The largest absolute Gasteiger partial charge is 0.355 e. The third kappa shape index (κ3) is 5.73. The molecule has 28 heavy (non-hydrogen) atoms. The van der Waals surface area contributed by atoms with E-state index >= 15 is 0 Å². The predicted molar refractivity (Wildman–Crippen MR) is 115 cm³/mol. The van der Waals surface area contributed by atoms with E-state index in [0.717, 1.165) is 16.7 Å². The molecular formula is C22H26Cl2N2O2. The highest BCUT2D eigenvalue weighted by Gasteiger charge is 2.29. The Labute approximate surface area is 176 Å². The Bertz CT molecular complexity index is 839. The molecule has 0 bridgehead atoms. The van der Waals surface area contributed by atoms with Crippen LogP contribution in [-0.2, 0) is 22.6 Å². The number of hydrogen-bond acceptors (Lipinski definition) is 2. The molecule has 150 valence electrons. The molecule has 2 aromatic carbocycles. The molecule has 0 radical (unpaired) electrons. The van der Waals surface area contributed by atoms with E-state index in [0.29, 0.717) is 23.0 Å². The van der Waals surface area contributed by atoms with Gasteiger partial charge in [0.2, 0.25) is 11.8 Å². The number of nitrogens with one attached hydrogen (secondary N) is 1. The highest BCUT2D eigenvalue weighted by atomic mass is 35.5. The lowest BCUT2D eigenvalue weighted by atomic mass is 10.0. The second-order valence-corrected chi connectivity index (χ2v) is 7.52. The van der Waals surface area contributed by atoms with Crippen molar-refractivity contribution >= 4 is 35.0 Å². The van der Waals surface area contributed by atoms with Gasteiger partial charge in [0, 0.05) is 23.1 Å². The van der Waals surface area contributed by atoms with Gasteiger partial charge in [0.25, 0.3) is 0 Å². The second-order valence-electron chi connectivity index (χ2n) is 6.68. The summed E-state index contributed by atoms with van der Waals surface area (Å²) in [5, 5.41) is 3.84. The smallest absolute Gasteiger partial charge is 0.242 e. The molecule has 1 N–H and O–H groups in total. The first-order chi connectivity index (χ1) is 13.4. The van der Waals surface area contributed by atoms with Crippen LogP contribution in [0.5, 0.6) is 0 Å². The highest BCUT2D eigenvalue weighted by Crippen LogP contribution is 2.24. The quantitative estimate of drug-likeness (QED) is 0.667. The maximum atomic E-state index is 13.2. The molecule has 0 spiro atoms. The Balaban J connectivity index is 2.35. The number of nitrogens with zero attached hydrogens (tertiary/aromatic N) is 1. The molecule has 0 saturated heterocycles. The number of hydrogen-bond donors (Lipinski definition) is 1. The molecule has 2 aromatic rings. The molecule has 0 fully saturated rings. The van der Waals surface area contributed by atoms with Gasteiger partial charge in [0.05, 0.1) is 6.42 Å². The van der Waals surface area contributed by atoms with Crippen LogP contribution >= 0.6 is 23.2 Å². The van der Waals surface area contributed by atoms with Crippen LogP contribution in [0, 0.1) is 6.92 Å². The van der Waals surface area contributed by atoms with Crippen molar-refractivity contribution in [3.8, 4) is 0 Å². The van der Waals surface area contributed by atoms with Crippen LogP contribution in [0.3, 0.4) is 0 Å². The fourth-order valence-corrected chi connectivity index (χ4v) is 3.59. The van der Waals surface area contributed by atoms with Crippen molar-refractivity contribution < 1.29 is 9.59 Å². The lowest BCUT2D eigenvalue weighted by molar-refractivity contribution is -0.140. The van der Waals surface area contributed by atoms with Gasteiger partial charge < -0.3 is 10.2 Å². The molecule has 2 amide bonds. The standard InChI is InChI=1S/C22H26Cl2N2O2/c1-4-20(22(28)25-5-2)26(14-17-10-11-18(23)13-19(17)24)21(27)12-16-9-7-6-8-15(16)3/h6-11,13,20H,4-5,12,14H2,1-3H3,(H,25,28)/t20-/m0/s1. The predicted octanol–water partition coefficient (Wildman–Crippen LogP) is 4.79. The van der Waals surface area contributed by atoms with Crippen LogP contribution in [-0.4, -0.2) is 29.3 Å². The molecule has 6 heteroatoms. The lowest BCUT2D eigenvalue weighted by Gasteiger charge is -2.31. The number of carbonyl (C=O) groups is 2. The highest BCUT2D eigenvalue weighted by molar-refractivity contribution is 6.35. The number of rotatable bonds is 8. The summed E-state index contributed by atoms with van der Waals surface area (Å²) in [4.78, 5) is 27.5. The normalized spacial score (nSPS) is 11.8. The van der Waals surface area contributed by atoms with Gasteiger partial charge >= 0.3 is 0 Å². The summed E-state index contributed by atoms with van der Waals surface area (Å²) in [7, 11) is 0. The number of amides is 2. The van der Waals surface area contributed by atoms with Gasteiger partial charge in [-0.25, -0.2) is 0 Å². The van der Waals surface area contributed by atoms with Crippen LogP contribution in [0.1, 0.15) is 37.0 Å². The molecule has 0 heterocycles. The molecule has 4 nitrogen and oxygen atoms in total. The van der Waals surface area contributed by atoms with E-state index < -0.39 is 6.04 Å². The molecule has 0 saturated carbocycles. The van der Waals surface area contributed by atoms with Crippen molar-refractivity contribution in [1.82, 2.24) is 10.2 Å². The molecule has 0 aliphatic heterocycles. The monoisotopic (exact) mass is 420 g/mol. The SMILES string of the molecule is CCNC(=O)[C@H](CC)N(Cc1ccc(Cl)cc1Cl)C(=O)Cc1ccccc1C. The molecule has 1 atom stereocenters. The second kappa shape index (κ2) is 10.5. The van der Waals surface area contributed by atoms with Crippen molar-refractivity contribution in [3.63, 3.8) is 0 Å². The van der Waals surface area contributed by atoms with Gasteiger partial charge in [0.15, 0.2) is 0 Å². The van der Waals surface area contributed by atoms with Crippen molar-refractivity contribution in [2.75, 3.05) is 6.54 Å². The minimum Gasteiger partial charge on any atom is -0.355 e. The zero-order chi connectivity index (χ0) is 20.7. The van der Waals surface area contributed by atoms with E-state index in [-0.39, 0.29) is 24.8 Å². The Morgan fingerprint density at radius 3 is 2.39 bits per heavy atom. The fourth-order valence-electron chi connectivity index (χ4n) is 3.12. The molecule has 0 unspecified atom stereocenters. The topological polar surface area (TPSA) is 49.4 Å². The van der Waals surface area contributed by atoms with Crippen LogP contribution in [0.25, 0.3) is 0 Å². The zero-order valence-electron chi connectivity index (χ0n) is 16.5. The van der Waals surface area contributed by atoms with Crippen molar-refractivity contribution in [3.05, 3.63) is 69.2 Å². The number of likely N-dealkylation sites (N-methyl/N-ethyl adjacent to an activating group) is 1. The van der Waals surface area contributed by atoms with E-state index in [4.69, 9.17) is 23.2 Å². The summed E-state index contributed by atoms with van der Waals surface area (Å²) in [6, 6.07) is 12.4. The summed E-state index contributed by atoms with van der Waals surface area (Å²) in [6.07, 6.45) is 0.740.